The van der Waals surface area contributed by atoms with Crippen molar-refractivity contribution in [1.82, 2.24) is 4.90 Å². The normalized spacial score (nSPS) is 40.3. The zero-order valence-corrected chi connectivity index (χ0v) is 12.4. The lowest BCUT2D eigenvalue weighted by Crippen LogP contribution is -2.58. The van der Waals surface area contributed by atoms with E-state index in [1.807, 2.05) is 6.92 Å². The van der Waals surface area contributed by atoms with Crippen molar-refractivity contribution in [1.29, 1.82) is 0 Å². The van der Waals surface area contributed by atoms with Crippen LogP contribution in [0.3, 0.4) is 0 Å². The van der Waals surface area contributed by atoms with Crippen molar-refractivity contribution >= 4 is 22.7 Å². The fraction of sp³-hybridized carbons (Fsp3) is 0.692. The number of hydrogen-bond donors (Lipinski definition) is 2. The summed E-state index contributed by atoms with van der Waals surface area (Å²) in [6.45, 7) is 5.16. The molecule has 4 unspecified atom stereocenters. The highest BCUT2D eigenvalue weighted by Crippen LogP contribution is 2.83. The standard InChI is InChI=1S/C13H17NO5S/c1-4-5-20(19)8-7(9(16)17)14-10-12(8,3)13(10,6(2)15)11(14)18/h6,10,15H,4-5H2,1-3H3,(H,16,17)/t6?,10-,12?,13?,20?/m1/s1. The highest BCUT2D eigenvalue weighted by Gasteiger charge is 2.96. The summed E-state index contributed by atoms with van der Waals surface area (Å²) in [5, 5.41) is 19.3. The molecule has 20 heavy (non-hydrogen) atoms. The van der Waals surface area contributed by atoms with Crippen LogP contribution in [0.2, 0.25) is 0 Å². The number of carboxylic acid groups (broad SMARTS) is 1. The first-order chi connectivity index (χ1) is 9.27. The first-order valence-corrected chi connectivity index (χ1v) is 7.97. The molecule has 1 amide bonds. The third kappa shape index (κ3) is 1.06. The Balaban J connectivity index is 2.15. The quantitative estimate of drug-likeness (QED) is 0.700. The molecule has 3 aliphatic rings. The third-order valence-corrected chi connectivity index (χ3v) is 6.84. The lowest BCUT2D eigenvalue weighted by atomic mass is 9.82. The molecule has 7 heteroatoms. The number of nitrogens with zero attached hydrogens (tertiary/aromatic N) is 1. The van der Waals surface area contributed by atoms with Crippen LogP contribution in [0.4, 0.5) is 0 Å². The zero-order valence-electron chi connectivity index (χ0n) is 11.5. The summed E-state index contributed by atoms with van der Waals surface area (Å²) in [6, 6.07) is -0.343. The van der Waals surface area contributed by atoms with E-state index in [-0.39, 0.29) is 17.6 Å². The molecular weight excluding hydrogens is 282 g/mol. The monoisotopic (exact) mass is 299 g/mol. The molecule has 0 aromatic rings. The van der Waals surface area contributed by atoms with E-state index >= 15 is 0 Å². The number of carbonyl (C=O) groups excluding carboxylic acids is 1. The van der Waals surface area contributed by atoms with Crippen molar-refractivity contribution in [2.24, 2.45) is 10.8 Å². The lowest BCUT2D eigenvalue weighted by Gasteiger charge is -2.41. The third-order valence-electron chi connectivity index (χ3n) is 4.99. The van der Waals surface area contributed by atoms with Gasteiger partial charge in [-0.15, -0.1) is 0 Å². The Morgan fingerprint density at radius 1 is 1.55 bits per heavy atom. The summed E-state index contributed by atoms with van der Waals surface area (Å²) in [5.74, 6) is -1.20. The molecule has 2 fully saturated rings. The van der Waals surface area contributed by atoms with Gasteiger partial charge in [0.25, 0.3) is 0 Å². The molecule has 1 aliphatic carbocycles. The van der Waals surface area contributed by atoms with Gasteiger partial charge in [0.15, 0.2) is 0 Å². The molecule has 0 radical (unpaired) electrons. The highest BCUT2D eigenvalue weighted by molar-refractivity contribution is 7.89. The average Bonchev–Trinajstić information content (AvgIpc) is 2.72. The van der Waals surface area contributed by atoms with E-state index in [2.05, 4.69) is 0 Å². The molecule has 0 aromatic carbocycles. The van der Waals surface area contributed by atoms with Crippen molar-refractivity contribution < 1.29 is 24.0 Å². The van der Waals surface area contributed by atoms with Gasteiger partial charge in [-0.3, -0.25) is 13.9 Å². The Labute approximate surface area is 118 Å². The molecule has 5 atom stereocenters. The Morgan fingerprint density at radius 2 is 2.15 bits per heavy atom. The van der Waals surface area contributed by atoms with Crippen LogP contribution in [0.1, 0.15) is 27.2 Å². The summed E-state index contributed by atoms with van der Waals surface area (Å²) in [7, 11) is -1.43. The zero-order chi connectivity index (χ0) is 15.0. The number of fused-ring (bicyclic) bond motifs is 1. The van der Waals surface area contributed by atoms with E-state index in [0.717, 1.165) is 0 Å². The number of aliphatic carboxylic acids is 1. The molecule has 2 aliphatic heterocycles. The first-order valence-electron chi connectivity index (χ1n) is 6.66. The van der Waals surface area contributed by atoms with Crippen molar-refractivity contribution in [2.45, 2.75) is 39.3 Å². The minimum absolute atomic E-state index is 0.128. The van der Waals surface area contributed by atoms with Gasteiger partial charge in [-0.1, -0.05) is 13.8 Å². The van der Waals surface area contributed by atoms with Crippen molar-refractivity contribution in [3.8, 4) is 0 Å². The highest BCUT2D eigenvalue weighted by atomic mass is 32.2. The van der Waals surface area contributed by atoms with E-state index in [1.54, 1.807) is 13.8 Å². The van der Waals surface area contributed by atoms with E-state index in [4.69, 9.17) is 0 Å². The Hall–Kier alpha value is -1.21. The Bertz CT molecular complexity index is 598. The van der Waals surface area contributed by atoms with Crippen LogP contribution in [0, 0.1) is 10.8 Å². The fourth-order valence-electron chi connectivity index (χ4n) is 4.25. The van der Waals surface area contributed by atoms with Gasteiger partial charge in [0.05, 0.1) is 27.9 Å². The molecule has 3 rings (SSSR count). The van der Waals surface area contributed by atoms with Crippen molar-refractivity contribution in [3.63, 3.8) is 0 Å². The Kier molecular flexibility index (Phi) is 2.55. The van der Waals surface area contributed by atoms with E-state index in [9.17, 15) is 24.0 Å². The minimum Gasteiger partial charge on any atom is -0.477 e. The van der Waals surface area contributed by atoms with Gasteiger partial charge in [-0.25, -0.2) is 4.79 Å². The minimum atomic E-state index is -1.43. The molecular formula is C13H17NO5S. The van der Waals surface area contributed by atoms with E-state index in [1.165, 1.54) is 4.90 Å². The second-order valence-corrected chi connectivity index (χ2v) is 7.37. The molecule has 2 heterocycles. The van der Waals surface area contributed by atoms with Crippen LogP contribution in [-0.2, 0) is 20.4 Å². The van der Waals surface area contributed by atoms with Crippen LogP contribution < -0.4 is 0 Å². The van der Waals surface area contributed by atoms with Gasteiger partial charge >= 0.3 is 5.97 Å². The second-order valence-electron chi connectivity index (χ2n) is 5.86. The molecule has 110 valence electrons. The number of carboxylic acids is 1. The topological polar surface area (TPSA) is 94.9 Å². The molecule has 0 spiro atoms. The maximum atomic E-state index is 12.4. The van der Waals surface area contributed by atoms with Crippen LogP contribution in [0.15, 0.2) is 10.6 Å². The van der Waals surface area contributed by atoms with E-state index in [0.29, 0.717) is 17.1 Å². The largest absolute Gasteiger partial charge is 0.477 e. The number of hydrogen-bond acceptors (Lipinski definition) is 4. The summed E-state index contributed by atoms with van der Waals surface area (Å²) in [5.41, 5.74) is -1.88. The number of carbonyl (C=O) groups is 2. The molecule has 2 N–H and O–H groups in total. The Morgan fingerprint density at radius 3 is 2.60 bits per heavy atom. The first kappa shape index (κ1) is 13.8. The summed E-state index contributed by atoms with van der Waals surface area (Å²) >= 11 is 0. The van der Waals surface area contributed by atoms with Crippen LogP contribution in [-0.4, -0.2) is 49.1 Å². The molecule has 1 saturated heterocycles. The van der Waals surface area contributed by atoms with Crippen molar-refractivity contribution in [2.75, 3.05) is 5.75 Å². The van der Waals surface area contributed by atoms with Crippen LogP contribution >= 0.6 is 0 Å². The predicted octanol–water partition coefficient (Wildman–Crippen LogP) is 0.0528. The van der Waals surface area contributed by atoms with Gasteiger partial charge in [0, 0.05) is 11.2 Å². The van der Waals surface area contributed by atoms with Gasteiger partial charge < -0.3 is 10.2 Å². The molecule has 6 nitrogen and oxygen atoms in total. The van der Waals surface area contributed by atoms with E-state index < -0.39 is 33.7 Å². The maximum absolute atomic E-state index is 12.4. The number of aliphatic hydroxyl groups is 1. The van der Waals surface area contributed by atoms with Crippen LogP contribution in [0.5, 0.6) is 0 Å². The smallest absolute Gasteiger partial charge is 0.353 e. The predicted molar refractivity (Wildman–Crippen MR) is 70.8 cm³/mol. The SMILES string of the molecule is CCCS(=O)C1=C(C(=O)O)N2C(=O)C3(C(C)O)[C@H]2C13C. The fourth-order valence-corrected chi connectivity index (χ4v) is 5.98. The molecule has 1 saturated carbocycles. The van der Waals surface area contributed by atoms with Gasteiger partial charge in [-0.05, 0) is 13.3 Å². The number of amides is 1. The summed E-state index contributed by atoms with van der Waals surface area (Å²) in [6.07, 6.45) is -0.204. The molecule has 0 aromatic heterocycles. The van der Waals surface area contributed by atoms with Crippen molar-refractivity contribution in [3.05, 3.63) is 10.6 Å². The second kappa shape index (κ2) is 3.71. The summed E-state index contributed by atoms with van der Waals surface area (Å²) < 4.78 is 12.4. The van der Waals surface area contributed by atoms with Gasteiger partial charge in [0.2, 0.25) is 5.91 Å². The van der Waals surface area contributed by atoms with Gasteiger partial charge in [0.1, 0.15) is 11.1 Å². The van der Waals surface area contributed by atoms with Gasteiger partial charge in [-0.2, -0.15) is 0 Å². The molecule has 0 bridgehead atoms. The average molecular weight is 299 g/mol. The number of rotatable bonds is 5. The summed E-state index contributed by atoms with van der Waals surface area (Å²) in [4.78, 5) is 25.2. The van der Waals surface area contributed by atoms with Crippen LogP contribution in [0.25, 0.3) is 0 Å². The lowest BCUT2D eigenvalue weighted by molar-refractivity contribution is -0.157. The number of β-lactam (4-membered cyclic amide) rings is 1. The number of aliphatic hydroxyl groups excluding tert-OH is 1. The maximum Gasteiger partial charge on any atom is 0.353 e.